The predicted octanol–water partition coefficient (Wildman–Crippen LogP) is 0.926. The van der Waals surface area contributed by atoms with E-state index in [-0.39, 0.29) is 16.3 Å². The minimum atomic E-state index is -0.639. The number of carbonyl (C=O) groups excluding carboxylic acids is 1. The third-order valence-electron chi connectivity index (χ3n) is 1.77. The zero-order chi connectivity index (χ0) is 8.39. The highest BCUT2D eigenvalue weighted by Crippen LogP contribution is 2.41. The van der Waals surface area contributed by atoms with E-state index >= 15 is 0 Å². The van der Waals surface area contributed by atoms with E-state index in [0.29, 0.717) is 12.9 Å². The molecule has 1 fully saturated rings. The standard InChI is InChI=1S/C8H10O3S/c9-5-7-10-6-8(11-7)12-3-1-2-4-12/h1-5,7-8,12H,6H2. The minimum Gasteiger partial charge on any atom is -0.343 e. The van der Waals surface area contributed by atoms with Crippen LogP contribution < -0.4 is 0 Å². The summed E-state index contributed by atoms with van der Waals surface area (Å²) in [4.78, 5) is 10.3. The first kappa shape index (κ1) is 8.04. The second-order valence-electron chi connectivity index (χ2n) is 2.56. The summed E-state index contributed by atoms with van der Waals surface area (Å²) in [6.45, 7) is 0.532. The Morgan fingerprint density at radius 1 is 1.42 bits per heavy atom. The second kappa shape index (κ2) is 3.43. The normalized spacial score (nSPS) is 36.2. The number of ether oxygens (including phenoxy) is 2. The first-order valence-electron chi connectivity index (χ1n) is 3.75. The van der Waals surface area contributed by atoms with Crippen molar-refractivity contribution >= 4 is 17.2 Å². The zero-order valence-corrected chi connectivity index (χ0v) is 7.31. The monoisotopic (exact) mass is 186 g/mol. The van der Waals surface area contributed by atoms with E-state index in [1.807, 2.05) is 12.2 Å². The molecule has 0 saturated carbocycles. The van der Waals surface area contributed by atoms with Crippen molar-refractivity contribution in [2.75, 3.05) is 6.61 Å². The van der Waals surface area contributed by atoms with Gasteiger partial charge < -0.3 is 9.47 Å². The van der Waals surface area contributed by atoms with Gasteiger partial charge in [0.25, 0.3) is 0 Å². The number of aldehydes is 1. The average Bonchev–Trinajstić information content (AvgIpc) is 2.75. The molecule has 2 unspecified atom stereocenters. The van der Waals surface area contributed by atoms with E-state index in [0.717, 1.165) is 0 Å². The van der Waals surface area contributed by atoms with E-state index in [4.69, 9.17) is 9.47 Å². The number of hydrogen-bond donors (Lipinski definition) is 1. The Morgan fingerprint density at radius 2 is 2.17 bits per heavy atom. The smallest absolute Gasteiger partial charge is 0.215 e. The van der Waals surface area contributed by atoms with Crippen LogP contribution in [0.25, 0.3) is 0 Å². The lowest BCUT2D eigenvalue weighted by Crippen LogP contribution is -2.11. The van der Waals surface area contributed by atoms with Crippen molar-refractivity contribution in [2.45, 2.75) is 11.7 Å². The third-order valence-corrected chi connectivity index (χ3v) is 3.73. The van der Waals surface area contributed by atoms with Crippen molar-refractivity contribution in [3.05, 3.63) is 23.0 Å². The highest BCUT2D eigenvalue weighted by molar-refractivity contribution is 8.22. The Labute approximate surface area is 73.4 Å². The van der Waals surface area contributed by atoms with Crippen molar-refractivity contribution in [2.24, 2.45) is 0 Å². The number of rotatable bonds is 2. The van der Waals surface area contributed by atoms with Gasteiger partial charge in [-0.1, -0.05) is 12.2 Å². The second-order valence-corrected chi connectivity index (χ2v) is 4.63. The van der Waals surface area contributed by atoms with E-state index in [1.165, 1.54) is 0 Å². The molecule has 0 spiro atoms. The molecule has 2 aliphatic heterocycles. The zero-order valence-electron chi connectivity index (χ0n) is 6.42. The number of hydrogen-bond acceptors (Lipinski definition) is 3. The van der Waals surface area contributed by atoms with Crippen molar-refractivity contribution in [3.8, 4) is 0 Å². The quantitative estimate of drug-likeness (QED) is 0.514. The minimum absolute atomic E-state index is 0.0743. The van der Waals surface area contributed by atoms with Crippen molar-refractivity contribution in [1.29, 1.82) is 0 Å². The fraction of sp³-hybridized carbons (Fsp3) is 0.375. The van der Waals surface area contributed by atoms with Crippen LogP contribution in [0.15, 0.2) is 23.0 Å². The summed E-state index contributed by atoms with van der Waals surface area (Å²) in [6, 6.07) is 0. The Balaban J connectivity index is 1.94. The highest BCUT2D eigenvalue weighted by atomic mass is 32.2. The van der Waals surface area contributed by atoms with Gasteiger partial charge in [0.05, 0.1) is 6.61 Å². The SMILES string of the molecule is O=CC1OCC([SH]2C=CC=C2)O1. The molecule has 3 nitrogen and oxygen atoms in total. The first-order chi connectivity index (χ1) is 5.90. The van der Waals surface area contributed by atoms with Gasteiger partial charge in [-0.3, -0.25) is 4.79 Å². The number of carbonyl (C=O) groups is 1. The third kappa shape index (κ3) is 1.46. The fourth-order valence-electron chi connectivity index (χ4n) is 1.18. The first-order valence-corrected chi connectivity index (χ1v) is 5.30. The molecule has 0 bridgehead atoms. The molecule has 0 aromatic heterocycles. The Morgan fingerprint density at radius 3 is 2.75 bits per heavy atom. The molecule has 0 radical (unpaired) electrons. The van der Waals surface area contributed by atoms with Crippen LogP contribution in [0.5, 0.6) is 0 Å². The lowest BCUT2D eigenvalue weighted by Gasteiger charge is -2.16. The molecule has 2 rings (SSSR count). The molecule has 12 heavy (non-hydrogen) atoms. The molecular formula is C8H10O3S. The molecule has 0 aliphatic carbocycles. The summed E-state index contributed by atoms with van der Waals surface area (Å²) in [5.74, 6) is 0. The maximum atomic E-state index is 10.3. The van der Waals surface area contributed by atoms with Gasteiger partial charge in [0.2, 0.25) is 6.29 Å². The van der Waals surface area contributed by atoms with Crippen LogP contribution in [0.1, 0.15) is 0 Å². The van der Waals surface area contributed by atoms with Gasteiger partial charge >= 0.3 is 0 Å². The van der Waals surface area contributed by atoms with E-state index < -0.39 is 6.29 Å². The Kier molecular flexibility index (Phi) is 2.30. The Bertz CT molecular complexity index is 224. The van der Waals surface area contributed by atoms with Crippen molar-refractivity contribution in [1.82, 2.24) is 0 Å². The van der Waals surface area contributed by atoms with E-state index in [2.05, 4.69) is 10.8 Å². The summed E-state index contributed by atoms with van der Waals surface area (Å²) in [6.07, 6.45) is 4.06. The summed E-state index contributed by atoms with van der Waals surface area (Å²) in [7, 11) is -0.346. The maximum absolute atomic E-state index is 10.3. The molecule has 4 heteroatoms. The van der Waals surface area contributed by atoms with Crippen LogP contribution >= 0.6 is 10.9 Å². The van der Waals surface area contributed by atoms with Crippen molar-refractivity contribution < 1.29 is 14.3 Å². The van der Waals surface area contributed by atoms with Gasteiger partial charge in [0.15, 0.2) is 6.29 Å². The molecule has 2 aliphatic rings. The van der Waals surface area contributed by atoms with Crippen LogP contribution in [0, 0.1) is 0 Å². The van der Waals surface area contributed by atoms with Gasteiger partial charge in [-0.2, -0.15) is 10.9 Å². The van der Waals surface area contributed by atoms with Crippen LogP contribution in [0.4, 0.5) is 0 Å². The van der Waals surface area contributed by atoms with Gasteiger partial charge in [-0.25, -0.2) is 0 Å². The summed E-state index contributed by atoms with van der Waals surface area (Å²) in [5, 5.41) is 4.22. The summed E-state index contributed by atoms with van der Waals surface area (Å²) >= 11 is 0. The molecule has 0 aromatic carbocycles. The molecule has 66 valence electrons. The molecule has 1 saturated heterocycles. The molecule has 2 heterocycles. The predicted molar refractivity (Wildman–Crippen MR) is 47.9 cm³/mol. The average molecular weight is 186 g/mol. The van der Waals surface area contributed by atoms with Crippen LogP contribution in [-0.2, 0) is 14.3 Å². The molecular weight excluding hydrogens is 176 g/mol. The molecule has 0 amide bonds. The summed E-state index contributed by atoms with van der Waals surface area (Å²) < 4.78 is 10.4. The molecule has 0 N–H and O–H groups in total. The molecule has 0 aromatic rings. The molecule has 2 atom stereocenters. The lowest BCUT2D eigenvalue weighted by molar-refractivity contribution is -0.131. The van der Waals surface area contributed by atoms with Gasteiger partial charge in [-0.15, -0.1) is 0 Å². The maximum Gasteiger partial charge on any atom is 0.215 e. The van der Waals surface area contributed by atoms with E-state index in [1.54, 1.807) is 0 Å². The van der Waals surface area contributed by atoms with Gasteiger partial charge in [0.1, 0.15) is 5.44 Å². The fourth-order valence-corrected chi connectivity index (χ4v) is 2.78. The number of thiol groups is 1. The van der Waals surface area contributed by atoms with Gasteiger partial charge in [-0.05, 0) is 10.8 Å². The summed E-state index contributed by atoms with van der Waals surface area (Å²) in [5.41, 5.74) is 0.0743. The van der Waals surface area contributed by atoms with Crippen LogP contribution in [0.3, 0.4) is 0 Å². The van der Waals surface area contributed by atoms with Gasteiger partial charge in [0, 0.05) is 0 Å². The lowest BCUT2D eigenvalue weighted by atomic mass is 10.6. The van der Waals surface area contributed by atoms with E-state index in [9.17, 15) is 4.79 Å². The highest BCUT2D eigenvalue weighted by Gasteiger charge is 2.28. The van der Waals surface area contributed by atoms with Crippen LogP contribution in [-0.4, -0.2) is 24.6 Å². The largest absolute Gasteiger partial charge is 0.343 e. The Hall–Kier alpha value is -0.580. The number of allylic oxidation sites excluding steroid dienone is 2. The van der Waals surface area contributed by atoms with Crippen molar-refractivity contribution in [3.63, 3.8) is 0 Å². The topological polar surface area (TPSA) is 35.5 Å². The van der Waals surface area contributed by atoms with Crippen LogP contribution in [0.2, 0.25) is 0 Å².